The maximum Gasteiger partial charge on any atom is 0.311 e. The number of thioether (sulfide) groups is 1. The lowest BCUT2D eigenvalue weighted by molar-refractivity contribution is -0.139. The Balaban J connectivity index is 2.00. The third kappa shape index (κ3) is 7.19. The Hall–Kier alpha value is -2.61. The number of aromatic nitrogens is 2. The summed E-state index contributed by atoms with van der Waals surface area (Å²) in [5.74, 6) is -0.107. The number of rotatable bonds is 9. The van der Waals surface area contributed by atoms with E-state index in [0.717, 1.165) is 23.7 Å². The SMILES string of the molecule is COC(=O)Cc1cc(=O)[nH]c(SCC(=O)N[C@@H](CC(C)C)c2ccccc2)n1. The van der Waals surface area contributed by atoms with Crippen LogP contribution in [-0.2, 0) is 20.7 Å². The Morgan fingerprint density at radius 3 is 2.61 bits per heavy atom. The lowest BCUT2D eigenvalue weighted by Gasteiger charge is -2.21. The summed E-state index contributed by atoms with van der Waals surface area (Å²) in [7, 11) is 1.27. The Morgan fingerprint density at radius 2 is 1.96 bits per heavy atom. The highest BCUT2D eigenvalue weighted by Crippen LogP contribution is 2.21. The van der Waals surface area contributed by atoms with Gasteiger partial charge in [0.25, 0.3) is 5.56 Å². The molecule has 1 amide bonds. The Bertz CT molecular complexity index is 852. The molecule has 2 N–H and O–H groups in total. The van der Waals surface area contributed by atoms with Crippen molar-refractivity contribution in [3.63, 3.8) is 0 Å². The van der Waals surface area contributed by atoms with Crippen molar-refractivity contribution in [2.75, 3.05) is 12.9 Å². The molecular formula is C20H25N3O4S. The topological polar surface area (TPSA) is 101 Å². The van der Waals surface area contributed by atoms with Crippen LogP contribution in [0.3, 0.4) is 0 Å². The standard InChI is InChI=1S/C20H25N3O4S/c1-13(2)9-16(14-7-5-4-6-8-14)22-18(25)12-28-20-21-15(10-17(24)23-20)11-19(26)27-3/h4-8,10,13,16H,9,11-12H2,1-3H3,(H,22,25)(H,21,23,24)/t16-/m0/s1. The summed E-state index contributed by atoms with van der Waals surface area (Å²) < 4.78 is 4.59. The number of hydrogen-bond acceptors (Lipinski definition) is 6. The molecular weight excluding hydrogens is 378 g/mol. The highest BCUT2D eigenvalue weighted by atomic mass is 32.2. The molecule has 0 saturated carbocycles. The van der Waals surface area contributed by atoms with Crippen LogP contribution in [0, 0.1) is 5.92 Å². The summed E-state index contributed by atoms with van der Waals surface area (Å²) in [6, 6.07) is 11.0. The van der Waals surface area contributed by atoms with E-state index in [1.165, 1.54) is 13.2 Å². The first-order valence-electron chi connectivity index (χ1n) is 9.01. The van der Waals surface area contributed by atoms with Gasteiger partial charge in [0.15, 0.2) is 5.16 Å². The van der Waals surface area contributed by atoms with E-state index in [1.807, 2.05) is 30.3 Å². The third-order valence-corrected chi connectivity index (χ3v) is 4.78. The van der Waals surface area contributed by atoms with Crippen LogP contribution in [0.4, 0.5) is 0 Å². The molecule has 0 spiro atoms. The van der Waals surface area contributed by atoms with E-state index in [1.54, 1.807) is 0 Å². The molecule has 0 unspecified atom stereocenters. The lowest BCUT2D eigenvalue weighted by Crippen LogP contribution is -2.31. The molecule has 1 aromatic carbocycles. The van der Waals surface area contributed by atoms with Gasteiger partial charge in [0.1, 0.15) is 0 Å². The quantitative estimate of drug-likeness (QED) is 0.379. The fourth-order valence-electron chi connectivity index (χ4n) is 2.67. The van der Waals surface area contributed by atoms with Crippen LogP contribution in [0.1, 0.15) is 37.6 Å². The molecule has 0 fully saturated rings. The van der Waals surface area contributed by atoms with Gasteiger partial charge < -0.3 is 15.0 Å². The van der Waals surface area contributed by atoms with Gasteiger partial charge in [0.05, 0.1) is 31.0 Å². The summed E-state index contributed by atoms with van der Waals surface area (Å²) in [6.45, 7) is 4.22. The van der Waals surface area contributed by atoms with Crippen LogP contribution in [0.2, 0.25) is 0 Å². The minimum Gasteiger partial charge on any atom is -0.469 e. The zero-order valence-corrected chi connectivity index (χ0v) is 17.0. The molecule has 7 nitrogen and oxygen atoms in total. The minimum atomic E-state index is -0.480. The summed E-state index contributed by atoms with van der Waals surface area (Å²) in [5, 5.41) is 3.35. The van der Waals surface area contributed by atoms with Crippen LogP contribution < -0.4 is 10.9 Å². The van der Waals surface area contributed by atoms with Gasteiger partial charge in [-0.15, -0.1) is 0 Å². The molecule has 0 aliphatic rings. The van der Waals surface area contributed by atoms with E-state index in [9.17, 15) is 14.4 Å². The lowest BCUT2D eigenvalue weighted by atomic mass is 9.97. The van der Waals surface area contributed by atoms with Crippen molar-refractivity contribution >= 4 is 23.6 Å². The number of nitrogens with one attached hydrogen (secondary N) is 2. The van der Waals surface area contributed by atoms with Gasteiger partial charge in [-0.3, -0.25) is 14.4 Å². The van der Waals surface area contributed by atoms with Crippen molar-refractivity contribution in [3.05, 3.63) is 58.0 Å². The molecule has 8 heteroatoms. The van der Waals surface area contributed by atoms with E-state index in [-0.39, 0.29) is 29.7 Å². The van der Waals surface area contributed by atoms with Crippen LogP contribution in [0.5, 0.6) is 0 Å². The zero-order chi connectivity index (χ0) is 20.5. The molecule has 1 atom stereocenters. The maximum atomic E-state index is 12.4. The van der Waals surface area contributed by atoms with Crippen molar-refractivity contribution in [1.29, 1.82) is 0 Å². The molecule has 1 heterocycles. The first-order valence-corrected chi connectivity index (χ1v) is 10.00. The number of carbonyl (C=O) groups is 2. The van der Waals surface area contributed by atoms with Gasteiger partial charge >= 0.3 is 5.97 Å². The average molecular weight is 404 g/mol. The maximum absolute atomic E-state index is 12.4. The molecule has 0 aliphatic carbocycles. The van der Waals surface area contributed by atoms with E-state index in [0.29, 0.717) is 16.8 Å². The number of aromatic amines is 1. The van der Waals surface area contributed by atoms with E-state index >= 15 is 0 Å². The van der Waals surface area contributed by atoms with E-state index in [2.05, 4.69) is 33.9 Å². The van der Waals surface area contributed by atoms with Crippen molar-refractivity contribution in [2.24, 2.45) is 5.92 Å². The minimum absolute atomic E-state index is 0.0769. The van der Waals surface area contributed by atoms with Crippen LogP contribution in [0.25, 0.3) is 0 Å². The molecule has 150 valence electrons. The van der Waals surface area contributed by atoms with Gasteiger partial charge in [-0.2, -0.15) is 0 Å². The van der Waals surface area contributed by atoms with Gasteiger partial charge in [0, 0.05) is 6.07 Å². The third-order valence-electron chi connectivity index (χ3n) is 3.91. The van der Waals surface area contributed by atoms with Gasteiger partial charge in [0.2, 0.25) is 5.91 Å². The average Bonchev–Trinajstić information content (AvgIpc) is 2.65. The Labute approximate surface area is 168 Å². The first kappa shape index (κ1) is 21.7. The van der Waals surface area contributed by atoms with Crippen LogP contribution >= 0.6 is 11.8 Å². The van der Waals surface area contributed by atoms with Crippen LogP contribution in [0.15, 0.2) is 46.3 Å². The van der Waals surface area contributed by atoms with Gasteiger partial charge in [-0.1, -0.05) is 55.9 Å². The summed E-state index contributed by atoms with van der Waals surface area (Å²) in [5.41, 5.74) is 0.986. The fourth-order valence-corrected chi connectivity index (χ4v) is 3.37. The smallest absolute Gasteiger partial charge is 0.311 e. The largest absolute Gasteiger partial charge is 0.469 e. The number of methoxy groups -OCH3 is 1. The number of ether oxygens (including phenoxy) is 1. The van der Waals surface area contributed by atoms with Crippen molar-refractivity contribution in [3.8, 4) is 0 Å². The van der Waals surface area contributed by atoms with Crippen molar-refractivity contribution < 1.29 is 14.3 Å². The zero-order valence-electron chi connectivity index (χ0n) is 16.2. The normalized spacial score (nSPS) is 11.9. The van der Waals surface area contributed by atoms with Gasteiger partial charge in [-0.25, -0.2) is 4.98 Å². The predicted molar refractivity (Wildman–Crippen MR) is 108 cm³/mol. The summed E-state index contributed by atoms with van der Waals surface area (Å²) in [6.07, 6.45) is 0.731. The van der Waals surface area contributed by atoms with E-state index in [4.69, 9.17) is 0 Å². The number of amides is 1. The molecule has 2 rings (SSSR count). The van der Waals surface area contributed by atoms with Crippen molar-refractivity contribution in [2.45, 2.75) is 37.9 Å². The summed E-state index contributed by atoms with van der Waals surface area (Å²) in [4.78, 5) is 42.3. The van der Waals surface area contributed by atoms with Crippen LogP contribution in [-0.4, -0.2) is 34.7 Å². The Morgan fingerprint density at radius 1 is 1.25 bits per heavy atom. The molecule has 0 aliphatic heterocycles. The molecule has 0 saturated heterocycles. The highest BCUT2D eigenvalue weighted by Gasteiger charge is 2.17. The molecule has 1 aromatic heterocycles. The second kappa shape index (κ2) is 10.7. The molecule has 2 aromatic rings. The second-order valence-electron chi connectivity index (χ2n) is 6.74. The number of H-pyrrole nitrogens is 1. The summed E-state index contributed by atoms with van der Waals surface area (Å²) >= 11 is 1.12. The number of hydrogen-bond donors (Lipinski definition) is 2. The monoisotopic (exact) mass is 403 g/mol. The van der Waals surface area contributed by atoms with Gasteiger partial charge in [-0.05, 0) is 17.9 Å². The van der Waals surface area contributed by atoms with E-state index < -0.39 is 5.97 Å². The first-order chi connectivity index (χ1) is 13.4. The number of carbonyl (C=O) groups excluding carboxylic acids is 2. The number of nitrogens with zero attached hydrogens (tertiary/aromatic N) is 1. The Kier molecular flexibility index (Phi) is 8.25. The molecule has 28 heavy (non-hydrogen) atoms. The highest BCUT2D eigenvalue weighted by molar-refractivity contribution is 7.99. The fraction of sp³-hybridized carbons (Fsp3) is 0.400. The molecule has 0 radical (unpaired) electrons. The number of esters is 1. The number of benzene rings is 1. The van der Waals surface area contributed by atoms with Crippen molar-refractivity contribution in [1.82, 2.24) is 15.3 Å². The molecule has 0 bridgehead atoms. The predicted octanol–water partition coefficient (Wildman–Crippen LogP) is 2.48. The second-order valence-corrected chi connectivity index (χ2v) is 7.71.